The summed E-state index contributed by atoms with van der Waals surface area (Å²) in [6, 6.07) is 11.0. The molecule has 0 spiro atoms. The first-order valence-corrected chi connectivity index (χ1v) is 8.56. The van der Waals surface area contributed by atoms with Crippen LogP contribution in [-0.2, 0) is 6.67 Å². The lowest BCUT2D eigenvalue weighted by Gasteiger charge is -2.15. The predicted octanol–water partition coefficient (Wildman–Crippen LogP) is 3.19. The molecule has 0 aliphatic heterocycles. The molecule has 6 nitrogen and oxygen atoms in total. The summed E-state index contributed by atoms with van der Waals surface area (Å²) in [6.07, 6.45) is 0. The van der Waals surface area contributed by atoms with E-state index in [0.29, 0.717) is 30.7 Å². The molecule has 0 radical (unpaired) electrons. The minimum atomic E-state index is -0.471. The molecule has 0 atom stereocenters. The number of aromatic nitrogens is 2. The summed E-state index contributed by atoms with van der Waals surface area (Å²) >= 11 is 7.39. The van der Waals surface area contributed by atoms with E-state index in [1.165, 1.54) is 16.0 Å². The number of hydrogen-bond donors (Lipinski definition) is 0. The second-order valence-corrected chi connectivity index (χ2v) is 6.56. The number of hydrogen-bond acceptors (Lipinski definition) is 6. The molecule has 0 saturated carbocycles. The highest BCUT2D eigenvalue weighted by Gasteiger charge is 2.12. The molecule has 0 saturated heterocycles. The molecule has 8 heteroatoms. The van der Waals surface area contributed by atoms with E-state index in [4.69, 9.17) is 20.8 Å². The molecular formula is C16H16ClN3O3S. The lowest BCUT2D eigenvalue weighted by atomic mass is 10.3. The zero-order valence-corrected chi connectivity index (χ0v) is 14.6. The number of rotatable bonds is 7. The molecule has 126 valence electrons. The fourth-order valence-electron chi connectivity index (χ4n) is 2.07. The molecule has 2 heterocycles. The van der Waals surface area contributed by atoms with Crippen LogP contribution in [-0.4, -0.2) is 34.9 Å². The quantitative estimate of drug-likeness (QED) is 0.643. The third-order valence-corrected chi connectivity index (χ3v) is 4.34. The summed E-state index contributed by atoms with van der Waals surface area (Å²) < 4.78 is 12.1. The Hall–Kier alpha value is -2.09. The van der Waals surface area contributed by atoms with Gasteiger partial charge in [0.05, 0.1) is 4.88 Å². The topological polar surface area (TPSA) is 60.5 Å². The Morgan fingerprint density at radius 2 is 2.25 bits per heavy atom. The second kappa shape index (κ2) is 7.65. The van der Waals surface area contributed by atoms with Crippen LogP contribution in [0.15, 0.2) is 51.0 Å². The minimum Gasteiger partial charge on any atom is -0.492 e. The van der Waals surface area contributed by atoms with E-state index >= 15 is 0 Å². The van der Waals surface area contributed by atoms with Gasteiger partial charge in [-0.25, -0.2) is 4.79 Å². The Balaban J connectivity index is 1.53. The van der Waals surface area contributed by atoms with E-state index in [9.17, 15) is 4.79 Å². The monoisotopic (exact) mass is 365 g/mol. The van der Waals surface area contributed by atoms with Crippen molar-refractivity contribution in [3.05, 3.63) is 57.4 Å². The van der Waals surface area contributed by atoms with E-state index in [-0.39, 0.29) is 0 Å². The van der Waals surface area contributed by atoms with Crippen molar-refractivity contribution in [1.82, 2.24) is 14.7 Å². The normalized spacial score (nSPS) is 11.1. The number of halogens is 1. The van der Waals surface area contributed by atoms with Crippen LogP contribution in [0.5, 0.6) is 5.75 Å². The molecular weight excluding hydrogens is 350 g/mol. The van der Waals surface area contributed by atoms with Crippen LogP contribution in [0, 0.1) is 0 Å². The Bertz CT molecular complexity index is 844. The number of benzene rings is 1. The van der Waals surface area contributed by atoms with Gasteiger partial charge in [-0.1, -0.05) is 23.7 Å². The van der Waals surface area contributed by atoms with Crippen molar-refractivity contribution in [2.45, 2.75) is 6.67 Å². The van der Waals surface area contributed by atoms with Crippen molar-refractivity contribution in [2.24, 2.45) is 0 Å². The maximum atomic E-state index is 11.9. The van der Waals surface area contributed by atoms with Crippen molar-refractivity contribution < 1.29 is 9.15 Å². The zero-order chi connectivity index (χ0) is 16.9. The van der Waals surface area contributed by atoms with Crippen LogP contribution in [0.3, 0.4) is 0 Å². The van der Waals surface area contributed by atoms with Crippen molar-refractivity contribution in [1.29, 1.82) is 0 Å². The van der Waals surface area contributed by atoms with Crippen LogP contribution in [0.4, 0.5) is 0 Å². The first-order valence-electron chi connectivity index (χ1n) is 7.30. The molecule has 0 aliphatic carbocycles. The highest BCUT2D eigenvalue weighted by molar-refractivity contribution is 7.13. The molecule has 0 fully saturated rings. The van der Waals surface area contributed by atoms with Crippen LogP contribution >= 0.6 is 22.9 Å². The van der Waals surface area contributed by atoms with Crippen LogP contribution in [0.2, 0.25) is 5.02 Å². The number of ether oxygens (including phenoxy) is 1. The average molecular weight is 366 g/mol. The number of likely N-dealkylation sites (N-methyl/N-ethyl adjacent to an activating group) is 1. The summed E-state index contributed by atoms with van der Waals surface area (Å²) in [5.74, 6) is 0.592. The van der Waals surface area contributed by atoms with Gasteiger partial charge in [0.25, 0.3) is 5.89 Å². The van der Waals surface area contributed by atoms with Crippen molar-refractivity contribution in [2.75, 3.05) is 20.2 Å². The van der Waals surface area contributed by atoms with Gasteiger partial charge >= 0.3 is 5.76 Å². The van der Waals surface area contributed by atoms with Gasteiger partial charge < -0.3 is 9.15 Å². The Labute approximate surface area is 147 Å². The lowest BCUT2D eigenvalue weighted by Crippen LogP contribution is -2.31. The Morgan fingerprint density at radius 3 is 3.00 bits per heavy atom. The van der Waals surface area contributed by atoms with Gasteiger partial charge in [0, 0.05) is 11.6 Å². The molecule has 0 N–H and O–H groups in total. The van der Waals surface area contributed by atoms with Crippen LogP contribution < -0.4 is 10.5 Å². The van der Waals surface area contributed by atoms with E-state index in [1.807, 2.05) is 41.6 Å². The van der Waals surface area contributed by atoms with E-state index < -0.39 is 5.76 Å². The number of nitrogens with zero attached hydrogens (tertiary/aromatic N) is 3. The minimum absolute atomic E-state index is 0.326. The standard InChI is InChI=1S/C16H16ClN3O3S/c1-19(7-8-22-13-5-2-4-12(17)10-13)11-20-16(21)23-15(18-20)14-6-3-9-24-14/h2-6,9-10H,7-8,11H2,1H3. The molecule has 3 rings (SSSR count). The summed E-state index contributed by atoms with van der Waals surface area (Å²) in [5.41, 5.74) is 0. The van der Waals surface area contributed by atoms with Gasteiger partial charge in [-0.05, 0) is 36.7 Å². The SMILES string of the molecule is CN(CCOc1cccc(Cl)c1)Cn1nc(-c2cccs2)oc1=O. The van der Waals surface area contributed by atoms with E-state index in [1.54, 1.807) is 12.1 Å². The molecule has 3 aromatic rings. The fraction of sp³-hybridized carbons (Fsp3) is 0.250. The lowest BCUT2D eigenvalue weighted by molar-refractivity contribution is 0.194. The molecule has 0 bridgehead atoms. The molecule has 0 amide bonds. The van der Waals surface area contributed by atoms with Crippen molar-refractivity contribution in [3.8, 4) is 16.5 Å². The largest absolute Gasteiger partial charge is 0.492 e. The second-order valence-electron chi connectivity index (χ2n) is 5.18. The molecule has 2 aromatic heterocycles. The third kappa shape index (κ3) is 4.25. The summed E-state index contributed by atoms with van der Waals surface area (Å²) in [5, 5.41) is 6.76. The fourth-order valence-corrected chi connectivity index (χ4v) is 2.90. The smallest absolute Gasteiger partial charge is 0.438 e. The van der Waals surface area contributed by atoms with Gasteiger partial charge in [0.1, 0.15) is 19.0 Å². The summed E-state index contributed by atoms with van der Waals surface area (Å²) in [6.45, 7) is 1.42. The molecule has 1 aromatic carbocycles. The van der Waals surface area contributed by atoms with Crippen LogP contribution in [0.1, 0.15) is 0 Å². The van der Waals surface area contributed by atoms with E-state index in [0.717, 1.165) is 10.6 Å². The summed E-state index contributed by atoms with van der Waals surface area (Å²) in [4.78, 5) is 14.6. The van der Waals surface area contributed by atoms with Crippen molar-refractivity contribution in [3.63, 3.8) is 0 Å². The highest BCUT2D eigenvalue weighted by atomic mass is 35.5. The summed E-state index contributed by atoms with van der Waals surface area (Å²) in [7, 11) is 1.88. The number of thiophene rings is 1. The van der Waals surface area contributed by atoms with Crippen molar-refractivity contribution >= 4 is 22.9 Å². The Morgan fingerprint density at radius 1 is 1.38 bits per heavy atom. The first-order chi connectivity index (χ1) is 11.6. The van der Waals surface area contributed by atoms with Gasteiger partial charge in [0.2, 0.25) is 0 Å². The molecule has 0 unspecified atom stereocenters. The molecule has 0 aliphatic rings. The first kappa shape index (κ1) is 16.8. The van der Waals surface area contributed by atoms with Crippen LogP contribution in [0.25, 0.3) is 10.8 Å². The zero-order valence-electron chi connectivity index (χ0n) is 13.0. The Kier molecular flexibility index (Phi) is 5.34. The average Bonchev–Trinajstić information content (AvgIpc) is 3.18. The van der Waals surface area contributed by atoms with Gasteiger partial charge in [0.15, 0.2) is 0 Å². The highest BCUT2D eigenvalue weighted by Crippen LogP contribution is 2.21. The molecule has 24 heavy (non-hydrogen) atoms. The van der Waals surface area contributed by atoms with Gasteiger partial charge in [-0.15, -0.1) is 16.4 Å². The third-order valence-electron chi connectivity index (χ3n) is 3.25. The maximum absolute atomic E-state index is 11.9. The van der Waals surface area contributed by atoms with E-state index in [2.05, 4.69) is 5.10 Å². The predicted molar refractivity (Wildman–Crippen MR) is 93.7 cm³/mol. The maximum Gasteiger partial charge on any atom is 0.438 e. The van der Waals surface area contributed by atoms with Gasteiger partial charge in [-0.2, -0.15) is 4.68 Å². The van der Waals surface area contributed by atoms with Gasteiger partial charge in [-0.3, -0.25) is 4.90 Å².